The first kappa shape index (κ1) is 13.5. The SMILES string of the molecule is C[C@H]1Sc2ccc(C(=O)NC3CCCC3)cc2NC1=O. The van der Waals surface area contributed by atoms with Crippen LogP contribution in [0.3, 0.4) is 0 Å². The molecule has 1 fully saturated rings. The number of thioether (sulfide) groups is 1. The monoisotopic (exact) mass is 290 g/mol. The first-order valence-corrected chi connectivity index (χ1v) is 7.94. The van der Waals surface area contributed by atoms with E-state index in [0.717, 1.165) is 23.4 Å². The van der Waals surface area contributed by atoms with Crippen molar-refractivity contribution in [2.75, 3.05) is 5.32 Å². The number of fused-ring (bicyclic) bond motifs is 1. The average molecular weight is 290 g/mol. The van der Waals surface area contributed by atoms with Crippen LogP contribution in [0.4, 0.5) is 5.69 Å². The molecule has 106 valence electrons. The molecular weight excluding hydrogens is 272 g/mol. The predicted molar refractivity (Wildman–Crippen MR) is 80.1 cm³/mol. The molecule has 2 N–H and O–H groups in total. The maximum Gasteiger partial charge on any atom is 0.251 e. The van der Waals surface area contributed by atoms with Crippen LogP contribution in [0.1, 0.15) is 43.0 Å². The second-order valence-electron chi connectivity index (χ2n) is 5.42. The molecule has 0 bridgehead atoms. The molecule has 1 saturated carbocycles. The van der Waals surface area contributed by atoms with Gasteiger partial charge in [-0.2, -0.15) is 0 Å². The average Bonchev–Trinajstić information content (AvgIpc) is 2.92. The molecule has 2 amide bonds. The van der Waals surface area contributed by atoms with Gasteiger partial charge in [0.05, 0.1) is 10.9 Å². The molecule has 5 heteroatoms. The largest absolute Gasteiger partial charge is 0.349 e. The van der Waals surface area contributed by atoms with E-state index in [1.165, 1.54) is 24.6 Å². The Morgan fingerprint density at radius 1 is 1.35 bits per heavy atom. The van der Waals surface area contributed by atoms with E-state index < -0.39 is 0 Å². The fourth-order valence-electron chi connectivity index (χ4n) is 2.69. The van der Waals surface area contributed by atoms with Crippen molar-refractivity contribution in [3.05, 3.63) is 23.8 Å². The number of carbonyl (C=O) groups excluding carboxylic acids is 2. The zero-order valence-corrected chi connectivity index (χ0v) is 12.3. The van der Waals surface area contributed by atoms with Crippen molar-refractivity contribution >= 4 is 29.3 Å². The lowest BCUT2D eigenvalue weighted by molar-refractivity contribution is -0.115. The molecule has 1 aliphatic heterocycles. The molecule has 3 rings (SSSR count). The fraction of sp³-hybridized carbons (Fsp3) is 0.467. The maximum absolute atomic E-state index is 12.2. The summed E-state index contributed by atoms with van der Waals surface area (Å²) in [5.41, 5.74) is 1.36. The summed E-state index contributed by atoms with van der Waals surface area (Å²) < 4.78 is 0. The van der Waals surface area contributed by atoms with Crippen molar-refractivity contribution in [1.82, 2.24) is 5.32 Å². The molecule has 1 aromatic rings. The van der Waals surface area contributed by atoms with Gasteiger partial charge in [-0.25, -0.2) is 0 Å². The molecule has 0 aromatic heterocycles. The third-order valence-corrected chi connectivity index (χ3v) is 5.04. The molecule has 1 atom stereocenters. The van der Waals surface area contributed by atoms with Crippen LogP contribution < -0.4 is 10.6 Å². The smallest absolute Gasteiger partial charge is 0.251 e. The van der Waals surface area contributed by atoms with Crippen LogP contribution in [-0.2, 0) is 4.79 Å². The zero-order valence-electron chi connectivity index (χ0n) is 11.4. The summed E-state index contributed by atoms with van der Waals surface area (Å²) in [5, 5.41) is 5.84. The van der Waals surface area contributed by atoms with E-state index in [4.69, 9.17) is 0 Å². The molecule has 1 aromatic carbocycles. The van der Waals surface area contributed by atoms with Crippen LogP contribution in [-0.4, -0.2) is 23.1 Å². The van der Waals surface area contributed by atoms with E-state index in [0.29, 0.717) is 11.6 Å². The lowest BCUT2D eigenvalue weighted by Crippen LogP contribution is -2.33. The van der Waals surface area contributed by atoms with Gasteiger partial charge in [-0.15, -0.1) is 11.8 Å². The maximum atomic E-state index is 12.2. The number of benzene rings is 1. The first-order valence-electron chi connectivity index (χ1n) is 7.06. The number of rotatable bonds is 2. The van der Waals surface area contributed by atoms with E-state index >= 15 is 0 Å². The molecule has 20 heavy (non-hydrogen) atoms. The Bertz CT molecular complexity index is 553. The molecule has 0 saturated heterocycles. The second-order valence-corrected chi connectivity index (χ2v) is 6.80. The highest BCUT2D eigenvalue weighted by molar-refractivity contribution is 8.00. The Balaban J connectivity index is 1.76. The van der Waals surface area contributed by atoms with Crippen LogP contribution in [0.25, 0.3) is 0 Å². The number of hydrogen-bond donors (Lipinski definition) is 2. The standard InChI is InChI=1S/C15H18N2O2S/c1-9-14(18)17-12-8-10(6-7-13(12)20-9)15(19)16-11-4-2-3-5-11/h6-9,11H,2-5H2,1H3,(H,16,19)(H,17,18)/t9-/m1/s1. The minimum atomic E-state index is -0.0827. The Kier molecular flexibility index (Phi) is 3.70. The summed E-state index contributed by atoms with van der Waals surface area (Å²) in [6.45, 7) is 1.88. The summed E-state index contributed by atoms with van der Waals surface area (Å²) >= 11 is 1.53. The molecule has 1 aliphatic carbocycles. The summed E-state index contributed by atoms with van der Waals surface area (Å²) in [5.74, 6) is -0.0478. The van der Waals surface area contributed by atoms with Crippen molar-refractivity contribution < 1.29 is 9.59 Å². The summed E-state index contributed by atoms with van der Waals surface area (Å²) in [6, 6.07) is 5.83. The van der Waals surface area contributed by atoms with Crippen molar-refractivity contribution in [2.24, 2.45) is 0 Å². The van der Waals surface area contributed by atoms with E-state index in [2.05, 4.69) is 10.6 Å². The minimum absolute atomic E-state index is 0.00384. The quantitative estimate of drug-likeness (QED) is 0.880. The lowest BCUT2D eigenvalue weighted by atomic mass is 10.1. The van der Waals surface area contributed by atoms with Crippen molar-refractivity contribution in [2.45, 2.75) is 48.8 Å². The zero-order chi connectivity index (χ0) is 14.1. The molecule has 1 heterocycles. The van der Waals surface area contributed by atoms with E-state index in [1.54, 1.807) is 6.07 Å². The van der Waals surface area contributed by atoms with Crippen LogP contribution in [0.5, 0.6) is 0 Å². The summed E-state index contributed by atoms with van der Waals surface area (Å²) in [7, 11) is 0. The van der Waals surface area contributed by atoms with Gasteiger partial charge in [0.1, 0.15) is 0 Å². The number of amides is 2. The van der Waals surface area contributed by atoms with Crippen molar-refractivity contribution in [1.29, 1.82) is 0 Å². The fourth-order valence-corrected chi connectivity index (χ4v) is 3.62. The van der Waals surface area contributed by atoms with Gasteiger partial charge < -0.3 is 10.6 Å². The van der Waals surface area contributed by atoms with Gasteiger partial charge in [0.25, 0.3) is 5.91 Å². The summed E-state index contributed by atoms with van der Waals surface area (Å²) in [4.78, 5) is 24.9. The van der Waals surface area contributed by atoms with E-state index in [1.807, 2.05) is 19.1 Å². The van der Waals surface area contributed by atoms with Crippen LogP contribution >= 0.6 is 11.8 Å². The van der Waals surface area contributed by atoms with Crippen molar-refractivity contribution in [3.8, 4) is 0 Å². The molecular formula is C15H18N2O2S. The predicted octanol–water partition coefficient (Wildman–Crippen LogP) is 2.79. The Morgan fingerprint density at radius 2 is 2.10 bits per heavy atom. The van der Waals surface area contributed by atoms with Gasteiger partial charge in [-0.3, -0.25) is 9.59 Å². The highest BCUT2D eigenvalue weighted by Crippen LogP contribution is 2.35. The van der Waals surface area contributed by atoms with Crippen LogP contribution in [0.15, 0.2) is 23.1 Å². The number of hydrogen-bond acceptors (Lipinski definition) is 3. The molecule has 0 unspecified atom stereocenters. The highest BCUT2D eigenvalue weighted by Gasteiger charge is 2.24. The van der Waals surface area contributed by atoms with Crippen molar-refractivity contribution in [3.63, 3.8) is 0 Å². The normalized spacial score (nSPS) is 22.2. The molecule has 2 aliphatic rings. The number of nitrogens with one attached hydrogen (secondary N) is 2. The lowest BCUT2D eigenvalue weighted by Gasteiger charge is -2.22. The molecule has 0 radical (unpaired) electrons. The third-order valence-electron chi connectivity index (χ3n) is 3.86. The van der Waals surface area contributed by atoms with Gasteiger partial charge in [-0.05, 0) is 38.0 Å². The molecule has 4 nitrogen and oxygen atoms in total. The summed E-state index contributed by atoms with van der Waals surface area (Å²) in [6.07, 6.45) is 4.53. The van der Waals surface area contributed by atoms with Gasteiger partial charge in [-0.1, -0.05) is 12.8 Å². The third kappa shape index (κ3) is 2.68. The molecule has 0 spiro atoms. The van der Waals surface area contributed by atoms with Crippen LogP contribution in [0, 0.1) is 0 Å². The van der Waals surface area contributed by atoms with Gasteiger partial charge in [0.15, 0.2) is 0 Å². The number of anilines is 1. The first-order chi connectivity index (χ1) is 9.63. The van der Waals surface area contributed by atoms with E-state index in [9.17, 15) is 9.59 Å². The van der Waals surface area contributed by atoms with Gasteiger partial charge >= 0.3 is 0 Å². The highest BCUT2D eigenvalue weighted by atomic mass is 32.2. The van der Waals surface area contributed by atoms with E-state index in [-0.39, 0.29) is 17.1 Å². The Morgan fingerprint density at radius 3 is 2.85 bits per heavy atom. The van der Waals surface area contributed by atoms with Crippen LogP contribution in [0.2, 0.25) is 0 Å². The van der Waals surface area contributed by atoms with Gasteiger partial charge in [0, 0.05) is 16.5 Å². The van der Waals surface area contributed by atoms with Gasteiger partial charge in [0.2, 0.25) is 5.91 Å². The minimum Gasteiger partial charge on any atom is -0.349 e. The number of carbonyl (C=O) groups is 2. The second kappa shape index (κ2) is 5.48. The topological polar surface area (TPSA) is 58.2 Å². The Labute approximate surface area is 122 Å². The Hall–Kier alpha value is -1.49.